The van der Waals surface area contributed by atoms with E-state index in [1.807, 2.05) is 0 Å². The fourth-order valence-electron chi connectivity index (χ4n) is 1.96. The molecule has 0 unspecified atom stereocenters. The van der Waals surface area contributed by atoms with E-state index in [2.05, 4.69) is 4.72 Å². The molecular weight excluding hydrogens is 269 g/mol. The van der Waals surface area contributed by atoms with Crippen molar-refractivity contribution >= 4 is 10.0 Å². The van der Waals surface area contributed by atoms with Gasteiger partial charge in [0.25, 0.3) is 0 Å². The minimum Gasteiger partial charge on any atom is -0.389 e. The van der Waals surface area contributed by atoms with Crippen LogP contribution in [0.2, 0.25) is 0 Å². The van der Waals surface area contributed by atoms with Gasteiger partial charge >= 0.3 is 0 Å². The van der Waals surface area contributed by atoms with Crippen LogP contribution in [-0.2, 0) is 15.8 Å². The van der Waals surface area contributed by atoms with Crippen LogP contribution in [0.1, 0.15) is 25.3 Å². The number of nitrogens with one attached hydrogen (secondary N) is 1. The summed E-state index contributed by atoms with van der Waals surface area (Å²) in [4.78, 5) is 0. The summed E-state index contributed by atoms with van der Waals surface area (Å²) in [7, 11) is -3.52. The van der Waals surface area contributed by atoms with E-state index in [0.717, 1.165) is 12.8 Å². The van der Waals surface area contributed by atoms with Crippen LogP contribution in [-0.4, -0.2) is 25.7 Å². The molecule has 0 spiro atoms. The van der Waals surface area contributed by atoms with Crippen LogP contribution in [0.4, 0.5) is 4.39 Å². The molecule has 6 heteroatoms. The van der Waals surface area contributed by atoms with Gasteiger partial charge in [-0.2, -0.15) is 0 Å². The largest absolute Gasteiger partial charge is 0.389 e. The second kappa shape index (κ2) is 5.19. The third-order valence-corrected chi connectivity index (χ3v) is 4.67. The molecule has 2 rings (SSSR count). The van der Waals surface area contributed by atoms with Crippen molar-refractivity contribution in [2.45, 2.75) is 31.1 Å². The molecule has 106 valence electrons. The minimum atomic E-state index is -3.52. The third kappa shape index (κ3) is 4.26. The topological polar surface area (TPSA) is 66.4 Å². The van der Waals surface area contributed by atoms with Gasteiger partial charge in [0.1, 0.15) is 5.82 Å². The van der Waals surface area contributed by atoms with Crippen molar-refractivity contribution in [2.24, 2.45) is 5.92 Å². The Labute approximate surface area is 112 Å². The van der Waals surface area contributed by atoms with Crippen LogP contribution >= 0.6 is 0 Å². The molecular formula is C13H18FNO3S. The molecule has 0 aliphatic heterocycles. The molecule has 1 aromatic carbocycles. The maximum atomic E-state index is 12.7. The summed E-state index contributed by atoms with van der Waals surface area (Å²) in [5.41, 5.74) is -0.476. The zero-order chi connectivity index (χ0) is 14.1. The fraction of sp³-hybridized carbons (Fsp3) is 0.538. The highest BCUT2D eigenvalue weighted by molar-refractivity contribution is 7.88. The highest BCUT2D eigenvalue weighted by Crippen LogP contribution is 2.39. The standard InChI is InChI=1S/C13H18FNO3S/c1-13(16,11-4-5-11)9-15-19(17,18)8-10-2-6-12(14)7-3-10/h2-3,6-7,11,15-16H,4-5,8-9H2,1H3/t13-/m0/s1. The van der Waals surface area contributed by atoms with Crippen LogP contribution in [0, 0.1) is 11.7 Å². The van der Waals surface area contributed by atoms with E-state index in [1.165, 1.54) is 24.3 Å². The summed E-state index contributed by atoms with van der Waals surface area (Å²) in [6.45, 7) is 1.66. The Balaban J connectivity index is 1.93. The van der Waals surface area contributed by atoms with Gasteiger partial charge < -0.3 is 5.11 Å². The molecule has 0 aromatic heterocycles. The van der Waals surface area contributed by atoms with Crippen molar-refractivity contribution in [3.05, 3.63) is 35.6 Å². The van der Waals surface area contributed by atoms with Gasteiger partial charge in [-0.15, -0.1) is 0 Å². The summed E-state index contributed by atoms with van der Waals surface area (Å²) in [5, 5.41) is 10.0. The van der Waals surface area contributed by atoms with E-state index < -0.39 is 21.4 Å². The first kappa shape index (κ1) is 14.4. The summed E-state index contributed by atoms with van der Waals surface area (Å²) in [6.07, 6.45) is 1.87. The van der Waals surface area contributed by atoms with Gasteiger partial charge in [-0.25, -0.2) is 17.5 Å². The van der Waals surface area contributed by atoms with Crippen molar-refractivity contribution < 1.29 is 17.9 Å². The van der Waals surface area contributed by atoms with Crippen molar-refractivity contribution in [1.29, 1.82) is 0 Å². The summed E-state index contributed by atoms with van der Waals surface area (Å²) in [6, 6.07) is 5.33. The molecule has 4 nitrogen and oxygen atoms in total. The lowest BCUT2D eigenvalue weighted by Crippen LogP contribution is -2.42. The van der Waals surface area contributed by atoms with Crippen LogP contribution in [0.15, 0.2) is 24.3 Å². The molecule has 19 heavy (non-hydrogen) atoms. The molecule has 0 bridgehead atoms. The predicted octanol–water partition coefficient (Wildman–Crippen LogP) is 1.41. The minimum absolute atomic E-state index is 0.0151. The Hall–Kier alpha value is -0.980. The number of halogens is 1. The highest BCUT2D eigenvalue weighted by Gasteiger charge is 2.40. The molecule has 0 heterocycles. The summed E-state index contributed by atoms with van der Waals surface area (Å²) >= 11 is 0. The number of rotatable bonds is 6. The van der Waals surface area contributed by atoms with Gasteiger partial charge in [0.2, 0.25) is 10.0 Å². The molecule has 1 aliphatic carbocycles. The lowest BCUT2D eigenvalue weighted by molar-refractivity contribution is 0.0422. The van der Waals surface area contributed by atoms with E-state index in [1.54, 1.807) is 6.92 Å². The van der Waals surface area contributed by atoms with E-state index in [9.17, 15) is 17.9 Å². The van der Waals surface area contributed by atoms with Crippen LogP contribution in [0.25, 0.3) is 0 Å². The molecule has 0 amide bonds. The van der Waals surface area contributed by atoms with E-state index in [0.29, 0.717) is 5.56 Å². The average molecular weight is 287 g/mol. The highest BCUT2D eigenvalue weighted by atomic mass is 32.2. The second-order valence-electron chi connectivity index (χ2n) is 5.34. The number of hydrogen-bond donors (Lipinski definition) is 2. The molecule has 1 fully saturated rings. The van der Waals surface area contributed by atoms with Crippen molar-refractivity contribution in [3.63, 3.8) is 0 Å². The molecule has 1 atom stereocenters. The molecule has 0 saturated heterocycles. The quantitative estimate of drug-likeness (QED) is 0.831. The maximum Gasteiger partial charge on any atom is 0.215 e. The number of benzene rings is 1. The molecule has 1 aromatic rings. The Morgan fingerprint density at radius 2 is 1.95 bits per heavy atom. The third-order valence-electron chi connectivity index (χ3n) is 3.38. The Bertz CT molecular complexity index is 536. The molecule has 0 radical (unpaired) electrons. The SMILES string of the molecule is C[C@](O)(CNS(=O)(=O)Cc1ccc(F)cc1)C1CC1. The zero-order valence-corrected chi connectivity index (χ0v) is 11.6. The normalized spacial score (nSPS) is 19.1. The first-order valence-corrected chi connectivity index (χ1v) is 7.88. The van der Waals surface area contributed by atoms with E-state index in [-0.39, 0.29) is 18.2 Å². The van der Waals surface area contributed by atoms with Gasteiger partial charge in [0.05, 0.1) is 11.4 Å². The van der Waals surface area contributed by atoms with Crippen LogP contribution in [0.5, 0.6) is 0 Å². The summed E-state index contributed by atoms with van der Waals surface area (Å²) in [5.74, 6) is -0.430. The Kier molecular flexibility index (Phi) is 3.94. The van der Waals surface area contributed by atoms with Gasteiger partial charge in [-0.1, -0.05) is 12.1 Å². The first-order chi connectivity index (χ1) is 8.78. The molecule has 2 N–H and O–H groups in total. The van der Waals surface area contributed by atoms with Gasteiger partial charge in [-0.05, 0) is 43.4 Å². The van der Waals surface area contributed by atoms with Crippen molar-refractivity contribution in [3.8, 4) is 0 Å². The smallest absolute Gasteiger partial charge is 0.215 e. The monoisotopic (exact) mass is 287 g/mol. The second-order valence-corrected chi connectivity index (χ2v) is 7.14. The zero-order valence-electron chi connectivity index (χ0n) is 10.8. The van der Waals surface area contributed by atoms with Crippen molar-refractivity contribution in [1.82, 2.24) is 4.72 Å². The summed E-state index contributed by atoms with van der Waals surface area (Å²) < 4.78 is 38.9. The van der Waals surface area contributed by atoms with E-state index >= 15 is 0 Å². The Morgan fingerprint density at radius 3 is 2.47 bits per heavy atom. The maximum absolute atomic E-state index is 12.7. The number of hydrogen-bond acceptors (Lipinski definition) is 3. The van der Waals surface area contributed by atoms with Gasteiger partial charge in [-0.3, -0.25) is 0 Å². The van der Waals surface area contributed by atoms with Gasteiger partial charge in [0, 0.05) is 6.54 Å². The molecule has 1 aliphatic rings. The van der Waals surface area contributed by atoms with Crippen LogP contribution in [0.3, 0.4) is 0 Å². The number of aliphatic hydroxyl groups is 1. The Morgan fingerprint density at radius 1 is 1.37 bits per heavy atom. The van der Waals surface area contributed by atoms with Crippen molar-refractivity contribution in [2.75, 3.05) is 6.54 Å². The van der Waals surface area contributed by atoms with E-state index in [4.69, 9.17) is 0 Å². The molecule has 1 saturated carbocycles. The first-order valence-electron chi connectivity index (χ1n) is 6.23. The lowest BCUT2D eigenvalue weighted by Gasteiger charge is -2.23. The average Bonchev–Trinajstić information content (AvgIpc) is 3.14. The lowest BCUT2D eigenvalue weighted by atomic mass is 10.0. The fourth-order valence-corrected chi connectivity index (χ4v) is 3.20. The van der Waals surface area contributed by atoms with Crippen LogP contribution < -0.4 is 4.72 Å². The predicted molar refractivity (Wildman–Crippen MR) is 70.4 cm³/mol. The van der Waals surface area contributed by atoms with Gasteiger partial charge in [0.15, 0.2) is 0 Å². The number of sulfonamides is 1.